The van der Waals surface area contributed by atoms with E-state index in [-0.39, 0.29) is 30.3 Å². The quantitative estimate of drug-likeness (QED) is 0.773. The maximum atomic E-state index is 12.8. The van der Waals surface area contributed by atoms with Gasteiger partial charge in [-0.2, -0.15) is 4.98 Å². The van der Waals surface area contributed by atoms with E-state index in [2.05, 4.69) is 15.0 Å². The summed E-state index contributed by atoms with van der Waals surface area (Å²) in [7, 11) is 3.44. The van der Waals surface area contributed by atoms with Crippen molar-refractivity contribution in [1.82, 2.24) is 24.8 Å². The average molecular weight is 383 g/mol. The maximum Gasteiger partial charge on any atom is 0.257 e. The van der Waals surface area contributed by atoms with E-state index in [1.54, 1.807) is 19.0 Å². The predicted molar refractivity (Wildman–Crippen MR) is 102 cm³/mol. The van der Waals surface area contributed by atoms with Crippen LogP contribution >= 0.6 is 0 Å². The van der Waals surface area contributed by atoms with Gasteiger partial charge in [-0.3, -0.25) is 14.5 Å². The van der Waals surface area contributed by atoms with Crippen LogP contribution in [0.4, 0.5) is 0 Å². The number of rotatable bonds is 5. The Bertz CT molecular complexity index is 851. The van der Waals surface area contributed by atoms with Crippen molar-refractivity contribution in [3.8, 4) is 11.5 Å². The summed E-state index contributed by atoms with van der Waals surface area (Å²) in [6.07, 6.45) is 1.79. The van der Waals surface area contributed by atoms with Gasteiger partial charge in [0.05, 0.1) is 12.5 Å². The Hall–Kier alpha value is -2.74. The molecule has 0 aliphatic carbocycles. The zero-order valence-corrected chi connectivity index (χ0v) is 16.2. The molecular formula is C20H25N5O3. The van der Waals surface area contributed by atoms with Crippen LogP contribution in [0.2, 0.25) is 0 Å². The summed E-state index contributed by atoms with van der Waals surface area (Å²) >= 11 is 0. The summed E-state index contributed by atoms with van der Waals surface area (Å²) in [5.41, 5.74) is 0.890. The Morgan fingerprint density at radius 3 is 2.75 bits per heavy atom. The summed E-state index contributed by atoms with van der Waals surface area (Å²) in [5.74, 6) is 1.09. The molecule has 8 heteroatoms. The van der Waals surface area contributed by atoms with Crippen molar-refractivity contribution in [2.45, 2.75) is 25.4 Å². The lowest BCUT2D eigenvalue weighted by atomic mass is 9.94. The van der Waals surface area contributed by atoms with Crippen molar-refractivity contribution in [3.05, 3.63) is 36.2 Å². The van der Waals surface area contributed by atoms with Crippen molar-refractivity contribution in [1.29, 1.82) is 0 Å². The number of piperidine rings is 1. The molecule has 3 aliphatic heterocycles. The largest absolute Gasteiger partial charge is 0.347 e. The zero-order valence-electron chi connectivity index (χ0n) is 16.2. The molecule has 28 heavy (non-hydrogen) atoms. The predicted octanol–water partition coefficient (Wildman–Crippen LogP) is 1.25. The monoisotopic (exact) mass is 383 g/mol. The maximum absolute atomic E-state index is 12.8. The first-order valence-corrected chi connectivity index (χ1v) is 9.62. The second kappa shape index (κ2) is 7.71. The van der Waals surface area contributed by atoms with Crippen LogP contribution in [0.25, 0.3) is 11.5 Å². The summed E-state index contributed by atoms with van der Waals surface area (Å²) in [4.78, 5) is 35.0. The Morgan fingerprint density at radius 1 is 1.21 bits per heavy atom. The third-order valence-corrected chi connectivity index (χ3v) is 5.53. The molecule has 148 valence electrons. The van der Waals surface area contributed by atoms with Crippen LogP contribution in [-0.2, 0) is 16.1 Å². The zero-order chi connectivity index (χ0) is 19.7. The van der Waals surface area contributed by atoms with Crippen molar-refractivity contribution in [2.75, 3.05) is 33.7 Å². The molecule has 2 aromatic rings. The van der Waals surface area contributed by atoms with E-state index >= 15 is 0 Å². The molecule has 1 aromatic heterocycles. The Kier molecular flexibility index (Phi) is 5.13. The van der Waals surface area contributed by atoms with E-state index in [9.17, 15) is 9.59 Å². The van der Waals surface area contributed by atoms with Crippen LogP contribution in [-0.4, -0.2) is 76.4 Å². The molecule has 4 heterocycles. The number of likely N-dealkylation sites (N-methyl/N-ethyl adjacent to an activating group) is 1. The number of benzene rings is 1. The van der Waals surface area contributed by atoms with E-state index in [0.29, 0.717) is 24.8 Å². The van der Waals surface area contributed by atoms with Crippen molar-refractivity contribution in [2.24, 2.45) is 5.92 Å². The van der Waals surface area contributed by atoms with Crippen LogP contribution in [0.3, 0.4) is 0 Å². The van der Waals surface area contributed by atoms with Crippen LogP contribution in [0, 0.1) is 5.92 Å². The fourth-order valence-electron chi connectivity index (χ4n) is 3.97. The molecular weight excluding hydrogens is 358 g/mol. The molecule has 2 amide bonds. The number of hydrogen-bond donors (Lipinski definition) is 0. The second-order valence-corrected chi connectivity index (χ2v) is 7.76. The van der Waals surface area contributed by atoms with E-state index in [4.69, 9.17) is 4.52 Å². The highest BCUT2D eigenvalue weighted by atomic mass is 16.5. The third kappa shape index (κ3) is 3.77. The number of nitrogens with zero attached hydrogens (tertiary/aromatic N) is 5. The minimum atomic E-state index is -0.0748. The third-order valence-electron chi connectivity index (χ3n) is 5.53. The highest BCUT2D eigenvalue weighted by Crippen LogP contribution is 2.30. The van der Waals surface area contributed by atoms with Gasteiger partial charge < -0.3 is 14.3 Å². The fraction of sp³-hybridized carbons (Fsp3) is 0.500. The van der Waals surface area contributed by atoms with Gasteiger partial charge >= 0.3 is 0 Å². The number of aromatic nitrogens is 2. The van der Waals surface area contributed by atoms with Gasteiger partial charge in [0.15, 0.2) is 5.82 Å². The lowest BCUT2D eigenvalue weighted by Gasteiger charge is -2.36. The van der Waals surface area contributed by atoms with Gasteiger partial charge in [0.2, 0.25) is 11.8 Å². The van der Waals surface area contributed by atoms with Gasteiger partial charge in [0.1, 0.15) is 6.54 Å². The molecule has 2 unspecified atom stereocenters. The molecule has 5 rings (SSSR count). The molecule has 2 atom stereocenters. The van der Waals surface area contributed by atoms with Crippen LogP contribution in [0.15, 0.2) is 34.9 Å². The van der Waals surface area contributed by atoms with Gasteiger partial charge in [-0.05, 0) is 25.0 Å². The molecule has 0 saturated carbocycles. The number of fused-ring (bicyclic) bond motifs is 4. The molecule has 0 radical (unpaired) electrons. The first-order chi connectivity index (χ1) is 13.5. The van der Waals surface area contributed by atoms with Crippen molar-refractivity contribution >= 4 is 11.8 Å². The minimum Gasteiger partial charge on any atom is -0.347 e. The summed E-state index contributed by atoms with van der Waals surface area (Å²) < 4.78 is 5.40. The highest BCUT2D eigenvalue weighted by molar-refractivity contribution is 5.86. The van der Waals surface area contributed by atoms with Crippen LogP contribution < -0.4 is 0 Å². The molecule has 2 bridgehead atoms. The normalized spacial score (nSPS) is 22.4. The highest BCUT2D eigenvalue weighted by Gasteiger charge is 2.41. The molecule has 0 N–H and O–H groups in total. The first-order valence-electron chi connectivity index (χ1n) is 9.62. The van der Waals surface area contributed by atoms with Crippen molar-refractivity contribution in [3.63, 3.8) is 0 Å². The topological polar surface area (TPSA) is 82.8 Å². The fourth-order valence-corrected chi connectivity index (χ4v) is 3.97. The Morgan fingerprint density at radius 2 is 2.00 bits per heavy atom. The summed E-state index contributed by atoms with van der Waals surface area (Å²) in [6.45, 7) is 2.07. The number of amides is 2. The van der Waals surface area contributed by atoms with Crippen LogP contribution in [0.1, 0.15) is 18.7 Å². The second-order valence-electron chi connectivity index (χ2n) is 7.76. The molecule has 3 fully saturated rings. The van der Waals surface area contributed by atoms with E-state index in [0.717, 1.165) is 24.9 Å². The molecule has 3 saturated heterocycles. The van der Waals surface area contributed by atoms with Gasteiger partial charge in [-0.15, -0.1) is 0 Å². The Balaban J connectivity index is 1.45. The molecule has 1 aromatic carbocycles. The van der Waals surface area contributed by atoms with Gasteiger partial charge in [-0.1, -0.05) is 23.4 Å². The van der Waals surface area contributed by atoms with E-state index < -0.39 is 0 Å². The SMILES string of the molecule is CN(C)C(=O)CN1C(=O)C2CCC1CN(Cc1noc(-c3ccccc3)n1)C2. The lowest BCUT2D eigenvalue weighted by Crippen LogP contribution is -2.51. The van der Waals surface area contributed by atoms with Gasteiger partial charge in [-0.25, -0.2) is 0 Å². The summed E-state index contributed by atoms with van der Waals surface area (Å²) in [5, 5.41) is 4.11. The van der Waals surface area contributed by atoms with Gasteiger partial charge in [0, 0.05) is 38.8 Å². The smallest absolute Gasteiger partial charge is 0.257 e. The lowest BCUT2D eigenvalue weighted by molar-refractivity contribution is -0.145. The average Bonchev–Trinajstić information content (AvgIpc) is 3.00. The van der Waals surface area contributed by atoms with Crippen LogP contribution in [0.5, 0.6) is 0 Å². The minimum absolute atomic E-state index is 0.0434. The standard InChI is InChI=1S/C20H25N5O3/c1-23(2)18(26)13-25-16-9-8-15(20(25)27)10-24(11-16)12-17-21-19(28-22-17)14-6-4-3-5-7-14/h3-7,15-16H,8-13H2,1-2H3. The first kappa shape index (κ1) is 18.6. The number of hydrogen-bond acceptors (Lipinski definition) is 6. The Labute approximate surface area is 164 Å². The molecule has 0 spiro atoms. The molecule has 3 aliphatic rings. The number of carbonyl (C=O) groups is 2. The van der Waals surface area contributed by atoms with E-state index in [1.165, 1.54) is 4.90 Å². The number of carbonyl (C=O) groups excluding carboxylic acids is 2. The molecule has 8 nitrogen and oxygen atoms in total. The van der Waals surface area contributed by atoms with Crippen molar-refractivity contribution < 1.29 is 14.1 Å². The van der Waals surface area contributed by atoms with Gasteiger partial charge in [0.25, 0.3) is 5.89 Å². The van der Waals surface area contributed by atoms with E-state index in [1.807, 2.05) is 30.3 Å². The summed E-state index contributed by atoms with van der Waals surface area (Å²) in [6, 6.07) is 9.72.